The molecule has 0 aromatic carbocycles. The maximum Gasteiger partial charge on any atom is 0.139 e. The fourth-order valence-electron chi connectivity index (χ4n) is 6.90. The molecule has 0 aromatic heterocycles. The number of carbonyl (C=O) groups is 1. The molecule has 0 N–H and O–H groups in total. The van der Waals surface area contributed by atoms with Crippen molar-refractivity contribution in [3.63, 3.8) is 0 Å². The van der Waals surface area contributed by atoms with Gasteiger partial charge in [-0.15, -0.1) is 0 Å². The molecule has 1 nitrogen and oxygen atoms in total. The van der Waals surface area contributed by atoms with E-state index in [0.717, 1.165) is 37.5 Å². The Labute approximate surface area is 154 Å². The molecule has 0 spiro atoms. The molecule has 2 fully saturated rings. The average Bonchev–Trinajstić information content (AvgIpc) is 2.77. The number of carbonyl (C=O) groups excluding carboxylic acids is 1. The third-order valence-corrected chi connectivity index (χ3v) is 8.74. The van der Waals surface area contributed by atoms with Crippen molar-refractivity contribution in [3.05, 3.63) is 23.3 Å². The monoisotopic (exact) mass is 340 g/mol. The first kappa shape index (κ1) is 17.6. The predicted molar refractivity (Wildman–Crippen MR) is 104 cm³/mol. The van der Waals surface area contributed by atoms with Crippen LogP contribution >= 0.6 is 0 Å². The molecule has 6 atom stereocenters. The zero-order valence-electron chi connectivity index (χ0n) is 16.9. The highest BCUT2D eigenvalue weighted by atomic mass is 16.1. The summed E-state index contributed by atoms with van der Waals surface area (Å²) >= 11 is 0. The number of hydrogen-bond donors (Lipinski definition) is 0. The average molecular weight is 341 g/mol. The van der Waals surface area contributed by atoms with E-state index in [1.54, 1.807) is 11.1 Å². The molecule has 1 heteroatoms. The Morgan fingerprint density at radius 2 is 1.88 bits per heavy atom. The van der Waals surface area contributed by atoms with E-state index in [2.05, 4.69) is 46.8 Å². The summed E-state index contributed by atoms with van der Waals surface area (Å²) in [7, 11) is 0. The molecule has 0 saturated heterocycles. The zero-order chi connectivity index (χ0) is 18.0. The number of fused-ring (bicyclic) bond motifs is 4. The maximum atomic E-state index is 12.5. The van der Waals surface area contributed by atoms with Crippen LogP contribution in [0.1, 0.15) is 79.6 Å². The van der Waals surface area contributed by atoms with Gasteiger partial charge in [0, 0.05) is 11.8 Å². The van der Waals surface area contributed by atoms with E-state index in [9.17, 15) is 4.79 Å². The number of rotatable bonds is 1. The first-order chi connectivity index (χ1) is 11.7. The molecule has 25 heavy (non-hydrogen) atoms. The molecule has 0 heterocycles. The van der Waals surface area contributed by atoms with E-state index in [1.807, 2.05) is 0 Å². The van der Waals surface area contributed by atoms with E-state index < -0.39 is 0 Å². The second kappa shape index (κ2) is 5.83. The molecule has 6 unspecified atom stereocenters. The topological polar surface area (TPSA) is 17.1 Å². The van der Waals surface area contributed by atoms with Crippen molar-refractivity contribution in [2.24, 2.45) is 40.4 Å². The number of hydrogen-bond acceptors (Lipinski definition) is 1. The van der Waals surface area contributed by atoms with Crippen LogP contribution in [-0.2, 0) is 4.79 Å². The van der Waals surface area contributed by atoms with E-state index in [-0.39, 0.29) is 5.41 Å². The van der Waals surface area contributed by atoms with E-state index in [0.29, 0.717) is 29.0 Å². The van der Waals surface area contributed by atoms with Crippen LogP contribution in [0.2, 0.25) is 0 Å². The van der Waals surface area contributed by atoms with Gasteiger partial charge in [-0.3, -0.25) is 4.79 Å². The predicted octanol–water partition coefficient (Wildman–Crippen LogP) is 6.35. The van der Waals surface area contributed by atoms with Crippen molar-refractivity contribution in [1.29, 1.82) is 0 Å². The molecular formula is C24H36O. The van der Waals surface area contributed by atoms with Gasteiger partial charge in [-0.2, -0.15) is 0 Å². The van der Waals surface area contributed by atoms with Gasteiger partial charge in [0.1, 0.15) is 5.78 Å². The highest BCUT2D eigenvalue weighted by Gasteiger charge is 2.53. The third-order valence-electron chi connectivity index (χ3n) is 8.74. The molecule has 4 aliphatic carbocycles. The van der Waals surface area contributed by atoms with Crippen molar-refractivity contribution < 1.29 is 4.79 Å². The van der Waals surface area contributed by atoms with Crippen molar-refractivity contribution >= 4 is 5.78 Å². The van der Waals surface area contributed by atoms with Crippen LogP contribution in [0.25, 0.3) is 0 Å². The van der Waals surface area contributed by atoms with E-state index >= 15 is 0 Å². The minimum absolute atomic E-state index is 0.0133. The molecule has 138 valence electrons. The van der Waals surface area contributed by atoms with E-state index in [4.69, 9.17) is 0 Å². The van der Waals surface area contributed by atoms with Crippen LogP contribution in [0.5, 0.6) is 0 Å². The zero-order valence-corrected chi connectivity index (χ0v) is 16.9. The summed E-state index contributed by atoms with van der Waals surface area (Å²) in [6.45, 7) is 12.0. The smallest absolute Gasteiger partial charge is 0.139 e. The highest BCUT2D eigenvalue weighted by Crippen LogP contribution is 2.59. The largest absolute Gasteiger partial charge is 0.299 e. The van der Waals surface area contributed by atoms with Gasteiger partial charge in [0.05, 0.1) is 0 Å². The van der Waals surface area contributed by atoms with Gasteiger partial charge in [0.25, 0.3) is 0 Å². The Bertz CT molecular complexity index is 638. The first-order valence-electron chi connectivity index (χ1n) is 10.7. The Morgan fingerprint density at radius 1 is 1.12 bits per heavy atom. The lowest BCUT2D eigenvalue weighted by Crippen LogP contribution is -2.38. The molecule has 0 bridgehead atoms. The van der Waals surface area contributed by atoms with Gasteiger partial charge in [-0.05, 0) is 79.1 Å². The van der Waals surface area contributed by atoms with Crippen LogP contribution in [0, 0.1) is 40.4 Å². The van der Waals surface area contributed by atoms with Crippen molar-refractivity contribution in [2.75, 3.05) is 0 Å². The van der Waals surface area contributed by atoms with Crippen molar-refractivity contribution in [2.45, 2.75) is 79.6 Å². The minimum atomic E-state index is -0.0133. The van der Waals surface area contributed by atoms with Crippen LogP contribution in [0.4, 0.5) is 0 Å². The minimum Gasteiger partial charge on any atom is -0.299 e. The van der Waals surface area contributed by atoms with Gasteiger partial charge < -0.3 is 0 Å². The summed E-state index contributed by atoms with van der Waals surface area (Å²) in [4.78, 5) is 12.5. The van der Waals surface area contributed by atoms with Crippen LogP contribution < -0.4 is 0 Å². The summed E-state index contributed by atoms with van der Waals surface area (Å²) in [5, 5.41) is 0. The molecule has 4 rings (SSSR count). The molecule has 4 aliphatic rings. The van der Waals surface area contributed by atoms with Crippen molar-refractivity contribution in [1.82, 2.24) is 0 Å². The lowest BCUT2D eigenvalue weighted by atomic mass is 9.61. The fraction of sp³-hybridized carbons (Fsp3) is 0.792. The van der Waals surface area contributed by atoms with Gasteiger partial charge in [0.15, 0.2) is 0 Å². The number of ketones is 1. The van der Waals surface area contributed by atoms with Crippen molar-refractivity contribution in [3.8, 4) is 0 Å². The molecule has 0 radical (unpaired) electrons. The van der Waals surface area contributed by atoms with Gasteiger partial charge in [-0.25, -0.2) is 0 Å². The number of Topliss-reactive ketones (excluding diaryl/α,β-unsaturated/α-hetero) is 1. The lowest BCUT2D eigenvalue weighted by molar-refractivity contribution is -0.128. The Morgan fingerprint density at radius 3 is 2.60 bits per heavy atom. The van der Waals surface area contributed by atoms with E-state index in [1.165, 1.54) is 19.3 Å². The SMILES string of the molecule is CC(C)C1CC2(C)CCC3C(=CC2=CC1C)CCC1(C)C(=O)CCC31. The summed E-state index contributed by atoms with van der Waals surface area (Å²) in [5.41, 5.74) is 3.65. The Balaban J connectivity index is 1.68. The molecule has 0 aromatic rings. The van der Waals surface area contributed by atoms with Gasteiger partial charge in [0.2, 0.25) is 0 Å². The highest BCUT2D eigenvalue weighted by molar-refractivity contribution is 5.87. The second-order valence-corrected chi connectivity index (χ2v) is 10.5. The van der Waals surface area contributed by atoms with Gasteiger partial charge >= 0.3 is 0 Å². The maximum absolute atomic E-state index is 12.5. The Kier molecular flexibility index (Phi) is 4.09. The van der Waals surface area contributed by atoms with Crippen LogP contribution in [0.3, 0.4) is 0 Å². The third kappa shape index (κ3) is 2.60. The lowest BCUT2D eigenvalue weighted by Gasteiger charge is -2.43. The molecule has 0 aliphatic heterocycles. The Hall–Kier alpha value is -0.850. The summed E-state index contributed by atoms with van der Waals surface area (Å²) in [6, 6.07) is 0. The molecule has 2 saturated carbocycles. The normalized spacial score (nSPS) is 46.7. The molecule has 0 amide bonds. The molecular weight excluding hydrogens is 304 g/mol. The second-order valence-electron chi connectivity index (χ2n) is 10.5. The summed E-state index contributed by atoms with van der Waals surface area (Å²) < 4.78 is 0. The van der Waals surface area contributed by atoms with Crippen LogP contribution in [0.15, 0.2) is 23.3 Å². The first-order valence-corrected chi connectivity index (χ1v) is 10.7. The van der Waals surface area contributed by atoms with Crippen LogP contribution in [-0.4, -0.2) is 5.78 Å². The van der Waals surface area contributed by atoms with Gasteiger partial charge in [-0.1, -0.05) is 52.3 Å². The fourth-order valence-corrected chi connectivity index (χ4v) is 6.90. The quantitative estimate of drug-likeness (QED) is 0.544. The summed E-state index contributed by atoms with van der Waals surface area (Å²) in [5.74, 6) is 4.10. The summed E-state index contributed by atoms with van der Waals surface area (Å²) in [6.07, 6.45) is 13.4. The number of allylic oxidation sites excluding steroid dienone is 4. The standard InChI is InChI=1S/C24H36O/c1-15(2)20-14-23(4)10-9-19-17(13-18(23)12-16(20)3)8-11-24(5)21(19)6-7-22(24)25/h12-13,15-16,19-21H,6-11,14H2,1-5H3.